The van der Waals surface area contributed by atoms with E-state index in [4.69, 9.17) is 13.9 Å². The highest BCUT2D eigenvalue weighted by atomic mass is 16.5. The summed E-state index contributed by atoms with van der Waals surface area (Å²) in [4.78, 5) is 36.3. The number of Topliss-reactive ketones (excluding diaryl/α,β-unsaturated/α-hetero) is 1. The van der Waals surface area contributed by atoms with E-state index in [0.29, 0.717) is 29.1 Å². The number of aryl methyl sites for hydroxylation is 2. The van der Waals surface area contributed by atoms with Crippen molar-refractivity contribution in [3.8, 4) is 5.75 Å². The van der Waals surface area contributed by atoms with E-state index < -0.39 is 11.6 Å². The number of carbonyl (C=O) groups excluding carboxylic acids is 2. The maximum atomic E-state index is 12.3. The first-order chi connectivity index (χ1) is 14.9. The van der Waals surface area contributed by atoms with Gasteiger partial charge in [-0.3, -0.25) is 9.59 Å². The first kappa shape index (κ1) is 22.3. The Bertz CT molecular complexity index is 1140. The molecule has 0 spiro atoms. The van der Waals surface area contributed by atoms with Gasteiger partial charge in [-0.05, 0) is 67.8 Å². The molecule has 0 aliphatic heterocycles. The van der Waals surface area contributed by atoms with Crippen molar-refractivity contribution in [3.05, 3.63) is 75.1 Å². The molecule has 0 N–H and O–H groups in total. The molecule has 0 aliphatic carbocycles. The van der Waals surface area contributed by atoms with Gasteiger partial charge < -0.3 is 13.9 Å². The number of hydrogen-bond donors (Lipinski definition) is 0. The van der Waals surface area contributed by atoms with E-state index in [0.717, 1.165) is 22.9 Å². The van der Waals surface area contributed by atoms with Crippen LogP contribution in [0, 0.1) is 13.8 Å². The predicted octanol–water partition coefficient (Wildman–Crippen LogP) is 4.90. The van der Waals surface area contributed by atoms with Crippen molar-refractivity contribution in [1.82, 2.24) is 0 Å². The highest BCUT2D eigenvalue weighted by Crippen LogP contribution is 2.22. The highest BCUT2D eigenvalue weighted by molar-refractivity contribution is 5.97. The molecule has 0 saturated carbocycles. The number of benzene rings is 2. The van der Waals surface area contributed by atoms with Crippen LogP contribution in [0.2, 0.25) is 0 Å². The van der Waals surface area contributed by atoms with E-state index in [1.807, 2.05) is 26.8 Å². The van der Waals surface area contributed by atoms with Crippen molar-refractivity contribution in [2.75, 3.05) is 6.61 Å². The Morgan fingerprint density at radius 3 is 2.39 bits per heavy atom. The van der Waals surface area contributed by atoms with Crippen LogP contribution in [-0.4, -0.2) is 18.4 Å². The maximum Gasteiger partial charge on any atom is 0.336 e. The van der Waals surface area contributed by atoms with Crippen LogP contribution in [0.4, 0.5) is 0 Å². The Labute approximate surface area is 180 Å². The summed E-state index contributed by atoms with van der Waals surface area (Å²) in [5.74, 6) is 0.0696. The molecule has 1 heterocycles. The first-order valence-electron chi connectivity index (χ1n) is 10.3. The van der Waals surface area contributed by atoms with Crippen LogP contribution in [0.3, 0.4) is 0 Å². The van der Waals surface area contributed by atoms with Crippen LogP contribution in [-0.2, 0) is 16.1 Å². The number of carbonyl (C=O) groups is 2. The minimum atomic E-state index is -0.499. The second kappa shape index (κ2) is 10.1. The normalized spacial score (nSPS) is 10.8. The van der Waals surface area contributed by atoms with E-state index in [1.54, 1.807) is 30.3 Å². The molecule has 0 radical (unpaired) electrons. The second-order valence-electron chi connectivity index (χ2n) is 7.48. The van der Waals surface area contributed by atoms with Gasteiger partial charge >= 0.3 is 11.6 Å². The fourth-order valence-corrected chi connectivity index (χ4v) is 3.15. The van der Waals surface area contributed by atoms with Crippen LogP contribution >= 0.6 is 0 Å². The van der Waals surface area contributed by atoms with Gasteiger partial charge in [0.1, 0.15) is 17.9 Å². The van der Waals surface area contributed by atoms with Gasteiger partial charge in [-0.2, -0.15) is 0 Å². The smallest absolute Gasteiger partial charge is 0.336 e. The zero-order chi connectivity index (χ0) is 22.4. The maximum absolute atomic E-state index is 12.3. The average molecular weight is 422 g/mol. The summed E-state index contributed by atoms with van der Waals surface area (Å²) in [5, 5.41) is 0.733. The van der Waals surface area contributed by atoms with Crippen LogP contribution in [0.15, 0.2) is 51.7 Å². The third kappa shape index (κ3) is 5.81. The van der Waals surface area contributed by atoms with Gasteiger partial charge in [-0.15, -0.1) is 0 Å². The van der Waals surface area contributed by atoms with Crippen molar-refractivity contribution in [1.29, 1.82) is 0 Å². The van der Waals surface area contributed by atoms with Crippen LogP contribution in [0.1, 0.15) is 53.2 Å². The molecule has 2 aromatic carbocycles. The van der Waals surface area contributed by atoms with Crippen molar-refractivity contribution < 1.29 is 23.5 Å². The summed E-state index contributed by atoms with van der Waals surface area (Å²) < 4.78 is 16.1. The second-order valence-corrected chi connectivity index (χ2v) is 7.48. The van der Waals surface area contributed by atoms with E-state index in [2.05, 4.69) is 0 Å². The van der Waals surface area contributed by atoms with Crippen molar-refractivity contribution >= 4 is 22.7 Å². The standard InChI is InChI=1S/C25H26O6/c1-4-11-29-20-7-5-18(6-8-20)22(26)9-10-24(27)30-15-19-14-25(28)31-23-13-17(3)16(2)12-21(19)23/h5-8,12-14H,4,9-11,15H2,1-3H3. The third-order valence-electron chi connectivity index (χ3n) is 5.04. The molecule has 0 atom stereocenters. The lowest BCUT2D eigenvalue weighted by molar-refractivity contribution is -0.144. The molecule has 6 heteroatoms. The Morgan fingerprint density at radius 2 is 1.68 bits per heavy atom. The Kier molecular flexibility index (Phi) is 7.23. The summed E-state index contributed by atoms with van der Waals surface area (Å²) >= 11 is 0. The van der Waals surface area contributed by atoms with Gasteiger partial charge in [0, 0.05) is 29.0 Å². The molecule has 31 heavy (non-hydrogen) atoms. The molecule has 3 aromatic rings. The molecule has 0 amide bonds. The zero-order valence-corrected chi connectivity index (χ0v) is 18.0. The topological polar surface area (TPSA) is 82.8 Å². The fraction of sp³-hybridized carbons (Fsp3) is 0.320. The molecular formula is C25H26O6. The SMILES string of the molecule is CCCOc1ccc(C(=O)CCC(=O)OCc2cc(=O)oc3cc(C)c(C)cc23)cc1. The van der Waals surface area contributed by atoms with Gasteiger partial charge in [-0.1, -0.05) is 6.92 Å². The quantitative estimate of drug-likeness (QED) is 0.277. The molecule has 0 bridgehead atoms. The number of fused-ring (bicyclic) bond motifs is 1. The number of ether oxygens (including phenoxy) is 2. The van der Waals surface area contributed by atoms with Crippen LogP contribution < -0.4 is 10.4 Å². The molecular weight excluding hydrogens is 396 g/mol. The van der Waals surface area contributed by atoms with Gasteiger partial charge in [-0.25, -0.2) is 4.79 Å². The summed E-state index contributed by atoms with van der Waals surface area (Å²) in [6.07, 6.45) is 0.917. The lowest BCUT2D eigenvalue weighted by Crippen LogP contribution is -2.10. The average Bonchev–Trinajstić information content (AvgIpc) is 2.76. The van der Waals surface area contributed by atoms with Gasteiger partial charge in [0.25, 0.3) is 0 Å². The number of ketones is 1. The predicted molar refractivity (Wildman–Crippen MR) is 118 cm³/mol. The molecule has 0 aliphatic rings. The molecule has 6 nitrogen and oxygen atoms in total. The Hall–Kier alpha value is -3.41. The summed E-state index contributed by atoms with van der Waals surface area (Å²) in [6, 6.07) is 11.9. The number of hydrogen-bond acceptors (Lipinski definition) is 6. The summed E-state index contributed by atoms with van der Waals surface area (Å²) in [7, 11) is 0. The van der Waals surface area contributed by atoms with E-state index in [9.17, 15) is 14.4 Å². The summed E-state index contributed by atoms with van der Waals surface area (Å²) in [5.41, 5.74) is 3.12. The molecule has 0 fully saturated rings. The number of esters is 1. The van der Waals surface area contributed by atoms with Gasteiger partial charge in [0.15, 0.2) is 5.78 Å². The molecule has 3 rings (SSSR count). The van der Waals surface area contributed by atoms with E-state index >= 15 is 0 Å². The monoisotopic (exact) mass is 422 g/mol. The van der Waals surface area contributed by atoms with Crippen LogP contribution in [0.25, 0.3) is 11.0 Å². The minimum absolute atomic E-state index is 0.0373. The van der Waals surface area contributed by atoms with E-state index in [-0.39, 0.29) is 25.2 Å². The van der Waals surface area contributed by atoms with Crippen LogP contribution in [0.5, 0.6) is 5.75 Å². The van der Waals surface area contributed by atoms with Gasteiger partial charge in [0.05, 0.1) is 13.0 Å². The van der Waals surface area contributed by atoms with Crippen molar-refractivity contribution in [2.24, 2.45) is 0 Å². The lowest BCUT2D eigenvalue weighted by Gasteiger charge is -2.09. The molecule has 1 aromatic heterocycles. The Morgan fingerprint density at radius 1 is 0.968 bits per heavy atom. The fourth-order valence-electron chi connectivity index (χ4n) is 3.15. The molecule has 0 saturated heterocycles. The largest absolute Gasteiger partial charge is 0.494 e. The molecule has 162 valence electrons. The molecule has 0 unspecified atom stereocenters. The minimum Gasteiger partial charge on any atom is -0.494 e. The third-order valence-corrected chi connectivity index (χ3v) is 5.04. The lowest BCUT2D eigenvalue weighted by atomic mass is 10.0. The highest BCUT2D eigenvalue weighted by Gasteiger charge is 2.13. The van der Waals surface area contributed by atoms with Gasteiger partial charge in [0.2, 0.25) is 0 Å². The van der Waals surface area contributed by atoms with Crippen molar-refractivity contribution in [2.45, 2.75) is 46.6 Å². The first-order valence-corrected chi connectivity index (χ1v) is 10.3. The Balaban J connectivity index is 1.57. The zero-order valence-electron chi connectivity index (χ0n) is 18.0. The van der Waals surface area contributed by atoms with Crippen molar-refractivity contribution in [3.63, 3.8) is 0 Å². The van der Waals surface area contributed by atoms with E-state index in [1.165, 1.54) is 6.07 Å². The summed E-state index contributed by atoms with van der Waals surface area (Å²) in [6.45, 7) is 6.49. The number of rotatable bonds is 9.